The number of benzene rings is 4. The smallest absolute Gasteiger partial charge is 0.411 e. The fourth-order valence-electron chi connectivity index (χ4n) is 8.78. The number of pyridine rings is 1. The van der Waals surface area contributed by atoms with E-state index in [1.54, 1.807) is 24.1 Å². The zero-order chi connectivity index (χ0) is 46.3. The van der Waals surface area contributed by atoms with Gasteiger partial charge in [-0.2, -0.15) is 0 Å². The summed E-state index contributed by atoms with van der Waals surface area (Å²) >= 11 is 0. The monoisotopic (exact) mass is 900 g/mol. The maximum atomic E-state index is 13.1. The van der Waals surface area contributed by atoms with Crippen LogP contribution in [-0.4, -0.2) is 92.0 Å². The summed E-state index contributed by atoms with van der Waals surface area (Å²) in [5.41, 5.74) is 5.39. The molecule has 3 amide bonds. The second-order valence-electron chi connectivity index (χ2n) is 19.2. The van der Waals surface area contributed by atoms with Crippen LogP contribution in [0.2, 0.25) is 18.1 Å². The van der Waals surface area contributed by atoms with Crippen molar-refractivity contribution >= 4 is 48.5 Å². The lowest BCUT2D eigenvalue weighted by molar-refractivity contribution is -0.130. The van der Waals surface area contributed by atoms with Gasteiger partial charge in [-0.15, -0.1) is 0 Å². The van der Waals surface area contributed by atoms with E-state index in [1.807, 2.05) is 84.9 Å². The van der Waals surface area contributed by atoms with E-state index in [0.717, 1.165) is 59.3 Å². The molecular formula is C51H64N6O7Si. The molecule has 1 aliphatic heterocycles. The number of carbonyl (C=O) groups excluding carboxylic acids is 3. The number of rotatable bonds is 17. The highest BCUT2D eigenvalue weighted by molar-refractivity contribution is 6.74. The molecule has 5 N–H and O–H groups in total. The standard InChI is InChI=1S/C51H64N6O7Si/c1-51(2,3)65(5,6)64-45(41-20-22-44(58)49-42(41)21-23-46(59)55-49)31-52-30-34-16-18-38(19-17-34)53-47(60)24-26-56(4)48(61)25-27-57-32-36-28-39(29-37(36)33-57)63-50(62)54-43-15-11-10-14-40(43)35-12-8-7-9-13-35/h7-23,36-37,39,45,52,58H,24-33H2,1-6H3,(H,53,60)(H,54,62)(H,55,59)/t36-,37+,39+,45-/m0/s1. The number of amides is 3. The van der Waals surface area contributed by atoms with E-state index >= 15 is 0 Å². The topological polar surface area (TPSA) is 165 Å². The summed E-state index contributed by atoms with van der Waals surface area (Å²) in [5, 5.41) is 20.7. The van der Waals surface area contributed by atoms with Crippen LogP contribution >= 0.6 is 0 Å². The second-order valence-corrected chi connectivity index (χ2v) is 23.9. The average molecular weight is 901 g/mol. The van der Waals surface area contributed by atoms with Crippen LogP contribution in [0.25, 0.3) is 22.0 Å². The number of carbonyl (C=O) groups is 3. The third-order valence-corrected chi connectivity index (χ3v) is 17.9. The zero-order valence-corrected chi connectivity index (χ0v) is 39.5. The summed E-state index contributed by atoms with van der Waals surface area (Å²) in [6.45, 7) is 14.8. The van der Waals surface area contributed by atoms with Crippen molar-refractivity contribution in [3.05, 3.63) is 125 Å². The molecule has 14 heteroatoms. The van der Waals surface area contributed by atoms with Gasteiger partial charge in [-0.1, -0.05) is 87.5 Å². The number of hydrogen-bond donors (Lipinski definition) is 5. The van der Waals surface area contributed by atoms with Crippen molar-refractivity contribution in [3.63, 3.8) is 0 Å². The molecule has 2 heterocycles. The molecule has 0 bridgehead atoms. The normalized spacial score (nSPS) is 18.0. The molecular weight excluding hydrogens is 837 g/mol. The number of para-hydroxylation sites is 1. The molecule has 1 saturated carbocycles. The molecule has 1 saturated heterocycles. The first-order valence-electron chi connectivity index (χ1n) is 22.7. The fraction of sp³-hybridized carbons (Fsp3) is 0.412. The molecule has 344 valence electrons. The van der Waals surface area contributed by atoms with Gasteiger partial charge in [0.05, 0.1) is 17.3 Å². The zero-order valence-electron chi connectivity index (χ0n) is 38.5. The number of fused-ring (bicyclic) bond motifs is 2. The number of aromatic amines is 1. The number of likely N-dealkylation sites (tertiary alicyclic amines) is 1. The van der Waals surface area contributed by atoms with Gasteiger partial charge in [0.25, 0.3) is 0 Å². The summed E-state index contributed by atoms with van der Waals surface area (Å²) in [7, 11) is -0.479. The molecule has 1 aliphatic carbocycles. The molecule has 0 spiro atoms. The molecule has 65 heavy (non-hydrogen) atoms. The minimum atomic E-state index is -2.22. The van der Waals surface area contributed by atoms with Gasteiger partial charge >= 0.3 is 6.09 Å². The van der Waals surface area contributed by atoms with E-state index in [1.165, 1.54) is 6.07 Å². The van der Waals surface area contributed by atoms with Crippen LogP contribution in [0.1, 0.15) is 63.7 Å². The number of aromatic nitrogens is 1. The first kappa shape index (κ1) is 47.2. The quantitative estimate of drug-likeness (QED) is 0.0574. The maximum absolute atomic E-state index is 13.1. The molecule has 7 rings (SSSR count). The van der Waals surface area contributed by atoms with Gasteiger partial charge < -0.3 is 39.7 Å². The van der Waals surface area contributed by atoms with Gasteiger partial charge in [0, 0.05) is 81.9 Å². The van der Waals surface area contributed by atoms with Crippen LogP contribution in [0.3, 0.4) is 0 Å². The van der Waals surface area contributed by atoms with Crippen molar-refractivity contribution in [3.8, 4) is 16.9 Å². The Bertz CT molecular complexity index is 2490. The lowest BCUT2D eigenvalue weighted by Crippen LogP contribution is -2.43. The molecule has 2 aliphatic rings. The van der Waals surface area contributed by atoms with Gasteiger partial charge in [0.1, 0.15) is 11.9 Å². The minimum absolute atomic E-state index is 0.00542. The summed E-state index contributed by atoms with van der Waals surface area (Å²) < 4.78 is 12.8. The van der Waals surface area contributed by atoms with Gasteiger partial charge in [0.2, 0.25) is 17.4 Å². The Morgan fingerprint density at radius 1 is 0.877 bits per heavy atom. The summed E-state index contributed by atoms with van der Waals surface area (Å²) in [4.78, 5) is 57.7. The molecule has 1 aromatic heterocycles. The van der Waals surface area contributed by atoms with Crippen molar-refractivity contribution in [2.75, 3.05) is 50.4 Å². The first-order valence-corrected chi connectivity index (χ1v) is 25.6. The maximum Gasteiger partial charge on any atom is 0.411 e. The van der Waals surface area contributed by atoms with Crippen LogP contribution < -0.4 is 21.5 Å². The van der Waals surface area contributed by atoms with E-state index in [4.69, 9.17) is 9.16 Å². The number of anilines is 2. The lowest BCUT2D eigenvalue weighted by atomic mass is 10.0. The Kier molecular flexibility index (Phi) is 14.9. The number of nitrogens with zero attached hydrogens (tertiary/aromatic N) is 2. The van der Waals surface area contributed by atoms with Gasteiger partial charge in [-0.3, -0.25) is 19.7 Å². The van der Waals surface area contributed by atoms with E-state index in [9.17, 15) is 24.3 Å². The Morgan fingerprint density at radius 2 is 1.57 bits per heavy atom. The Balaban J connectivity index is 0.808. The molecule has 0 radical (unpaired) electrons. The van der Waals surface area contributed by atoms with Crippen LogP contribution in [0, 0.1) is 11.8 Å². The Hall–Kier alpha value is -5.80. The number of phenols is 1. The van der Waals surface area contributed by atoms with Crippen molar-refractivity contribution in [1.29, 1.82) is 0 Å². The summed E-state index contributed by atoms with van der Waals surface area (Å²) in [6, 6.07) is 32.0. The lowest BCUT2D eigenvalue weighted by Gasteiger charge is -2.39. The SMILES string of the molecule is CN(CCC(=O)Nc1ccc(CNC[C@H](O[Si](C)(C)C(C)(C)C)c2ccc(O)c3[nH]c(=O)ccc23)cc1)C(=O)CCN1C[C@H]2C[C@H](OC(=O)Nc3ccccc3-c3ccccc3)C[C@H]2C1. The number of nitrogens with one attached hydrogen (secondary N) is 4. The molecule has 2 fully saturated rings. The number of hydrogen-bond acceptors (Lipinski definition) is 9. The molecule has 5 aromatic rings. The largest absolute Gasteiger partial charge is 0.506 e. The van der Waals surface area contributed by atoms with Crippen molar-refractivity contribution in [2.45, 2.75) is 83.3 Å². The van der Waals surface area contributed by atoms with Crippen molar-refractivity contribution < 1.29 is 28.7 Å². The van der Waals surface area contributed by atoms with Crippen molar-refractivity contribution in [2.24, 2.45) is 11.8 Å². The number of ether oxygens (including phenoxy) is 1. The highest BCUT2D eigenvalue weighted by atomic mass is 28.4. The third-order valence-electron chi connectivity index (χ3n) is 13.4. The number of aromatic hydroxyl groups is 1. The molecule has 0 unspecified atom stereocenters. The van der Waals surface area contributed by atoms with Crippen LogP contribution in [0.4, 0.5) is 16.2 Å². The van der Waals surface area contributed by atoms with E-state index in [-0.39, 0.29) is 46.8 Å². The van der Waals surface area contributed by atoms with Crippen LogP contribution in [-0.2, 0) is 25.3 Å². The first-order chi connectivity index (χ1) is 31.0. The Labute approximate surface area is 383 Å². The summed E-state index contributed by atoms with van der Waals surface area (Å²) in [6.07, 6.45) is 1.30. The van der Waals surface area contributed by atoms with E-state index in [0.29, 0.717) is 55.6 Å². The Morgan fingerprint density at radius 3 is 2.28 bits per heavy atom. The molecule has 13 nitrogen and oxygen atoms in total. The van der Waals surface area contributed by atoms with Crippen LogP contribution in [0.5, 0.6) is 5.75 Å². The van der Waals surface area contributed by atoms with Crippen LogP contribution in [0.15, 0.2) is 108 Å². The molecule has 4 aromatic carbocycles. The fourth-order valence-corrected chi connectivity index (χ4v) is 10.1. The van der Waals surface area contributed by atoms with E-state index < -0.39 is 14.4 Å². The average Bonchev–Trinajstić information content (AvgIpc) is 3.83. The number of H-pyrrole nitrogens is 1. The van der Waals surface area contributed by atoms with Gasteiger partial charge in [-0.25, -0.2) is 4.79 Å². The minimum Gasteiger partial charge on any atom is -0.506 e. The predicted molar refractivity (Wildman–Crippen MR) is 259 cm³/mol. The highest BCUT2D eigenvalue weighted by Crippen LogP contribution is 2.42. The predicted octanol–water partition coefficient (Wildman–Crippen LogP) is 8.89. The van der Waals surface area contributed by atoms with Crippen molar-refractivity contribution in [1.82, 2.24) is 20.1 Å². The number of phenolic OH excluding ortho intramolecular Hbond substituents is 1. The van der Waals surface area contributed by atoms with Gasteiger partial charge in [-0.05, 0) is 89.8 Å². The second kappa shape index (κ2) is 20.6. The van der Waals surface area contributed by atoms with Gasteiger partial charge in [0.15, 0.2) is 8.32 Å². The third kappa shape index (κ3) is 12.1. The van der Waals surface area contributed by atoms with E-state index in [2.05, 4.69) is 59.7 Å². The molecule has 4 atom stereocenters. The summed E-state index contributed by atoms with van der Waals surface area (Å²) in [5.74, 6) is 0.710. The highest BCUT2D eigenvalue weighted by Gasteiger charge is 2.43.